The van der Waals surface area contributed by atoms with Crippen molar-refractivity contribution < 1.29 is 14.6 Å². The molecule has 1 fully saturated rings. The zero-order valence-corrected chi connectivity index (χ0v) is 20.9. The van der Waals surface area contributed by atoms with Gasteiger partial charge in [-0.25, -0.2) is 0 Å². The Labute approximate surface area is 208 Å². The van der Waals surface area contributed by atoms with Crippen LogP contribution in [0, 0.1) is 5.92 Å². The van der Waals surface area contributed by atoms with Crippen LogP contribution in [0.4, 0.5) is 11.6 Å². The molecule has 188 valence electrons. The van der Waals surface area contributed by atoms with Crippen molar-refractivity contribution in [1.29, 1.82) is 0 Å². The second kappa shape index (κ2) is 10.6. The molecule has 11 nitrogen and oxygen atoms in total. The van der Waals surface area contributed by atoms with Gasteiger partial charge in [0.25, 0.3) is 0 Å². The standard InChI is InChI=1S/C23H31ClN8O3/c1-5-19(34)31(4)16-6-14(7-16)13-35-22-20-18(24)9-25-21(20)28-23(29-22)27-15-8-26-32(10-15)12-17(33)11-30(2)3/h5,8-10,14,16-17,33H,1,6-7,11-13H2,2-4H3,(H2,25,27,28,29). The number of H-pyrrole nitrogens is 1. The number of aromatic amines is 1. The number of nitrogens with zero attached hydrogens (tertiary/aromatic N) is 6. The van der Waals surface area contributed by atoms with Crippen molar-refractivity contribution in [1.82, 2.24) is 34.5 Å². The second-order valence-electron chi connectivity index (χ2n) is 9.16. The summed E-state index contributed by atoms with van der Waals surface area (Å²) in [6.07, 6.45) is 7.59. The number of aliphatic hydroxyl groups excluding tert-OH is 1. The summed E-state index contributed by atoms with van der Waals surface area (Å²) in [6, 6.07) is 0.195. The number of anilines is 2. The number of likely N-dealkylation sites (N-methyl/N-ethyl adjacent to an activating group) is 2. The van der Waals surface area contributed by atoms with E-state index in [1.54, 1.807) is 35.2 Å². The van der Waals surface area contributed by atoms with E-state index in [9.17, 15) is 9.90 Å². The molecule has 12 heteroatoms. The van der Waals surface area contributed by atoms with Crippen molar-refractivity contribution in [2.75, 3.05) is 39.6 Å². The molecular formula is C23H31ClN8O3. The number of aromatic nitrogens is 5. The fourth-order valence-corrected chi connectivity index (χ4v) is 4.37. The number of halogens is 1. The molecule has 0 spiro atoms. The lowest BCUT2D eigenvalue weighted by molar-refractivity contribution is -0.129. The molecule has 3 aromatic rings. The highest BCUT2D eigenvalue weighted by atomic mass is 35.5. The van der Waals surface area contributed by atoms with Gasteiger partial charge in [0.15, 0.2) is 0 Å². The molecule has 3 N–H and O–H groups in total. The van der Waals surface area contributed by atoms with Gasteiger partial charge in [-0.1, -0.05) is 18.2 Å². The summed E-state index contributed by atoms with van der Waals surface area (Å²) in [5.74, 6) is 0.960. The van der Waals surface area contributed by atoms with Gasteiger partial charge in [0, 0.05) is 32.0 Å². The molecule has 0 aliphatic heterocycles. The summed E-state index contributed by atoms with van der Waals surface area (Å²) < 4.78 is 7.74. The van der Waals surface area contributed by atoms with E-state index in [4.69, 9.17) is 16.3 Å². The van der Waals surface area contributed by atoms with Crippen LogP contribution in [-0.4, -0.2) is 92.0 Å². The third kappa shape index (κ3) is 5.92. The number of amides is 1. The molecule has 1 saturated carbocycles. The highest BCUT2D eigenvalue weighted by molar-refractivity contribution is 6.35. The molecule has 1 aliphatic rings. The molecule has 35 heavy (non-hydrogen) atoms. The fraction of sp³-hybridized carbons (Fsp3) is 0.478. The molecule has 4 rings (SSSR count). The van der Waals surface area contributed by atoms with Crippen LogP contribution in [0.25, 0.3) is 11.0 Å². The van der Waals surface area contributed by atoms with Crippen LogP contribution in [0.2, 0.25) is 5.02 Å². The van der Waals surface area contributed by atoms with E-state index < -0.39 is 6.10 Å². The Balaban J connectivity index is 1.41. The highest BCUT2D eigenvalue weighted by Gasteiger charge is 2.34. The maximum absolute atomic E-state index is 11.8. The van der Waals surface area contributed by atoms with Crippen LogP contribution in [0.5, 0.6) is 5.88 Å². The maximum Gasteiger partial charge on any atom is 0.245 e. The van der Waals surface area contributed by atoms with E-state index in [1.165, 1.54) is 6.08 Å². The average Bonchev–Trinajstić information content (AvgIpc) is 3.37. The first-order valence-electron chi connectivity index (χ1n) is 11.4. The Hall–Kier alpha value is -3.15. The van der Waals surface area contributed by atoms with E-state index in [1.807, 2.05) is 19.0 Å². The summed E-state index contributed by atoms with van der Waals surface area (Å²) in [5.41, 5.74) is 1.24. The van der Waals surface area contributed by atoms with Gasteiger partial charge in [0.1, 0.15) is 5.65 Å². The maximum atomic E-state index is 11.8. The van der Waals surface area contributed by atoms with Crippen LogP contribution >= 0.6 is 11.6 Å². The van der Waals surface area contributed by atoms with Gasteiger partial charge < -0.3 is 29.9 Å². The lowest BCUT2D eigenvalue weighted by Gasteiger charge is -2.40. The first kappa shape index (κ1) is 25.0. The Morgan fingerprint density at radius 3 is 2.91 bits per heavy atom. The molecule has 1 unspecified atom stereocenters. The summed E-state index contributed by atoms with van der Waals surface area (Å²) in [5, 5.41) is 18.7. The Bertz CT molecular complexity index is 1190. The first-order valence-corrected chi connectivity index (χ1v) is 11.8. The predicted octanol–water partition coefficient (Wildman–Crippen LogP) is 2.28. The first-order chi connectivity index (χ1) is 16.7. The molecule has 3 heterocycles. The lowest BCUT2D eigenvalue weighted by Crippen LogP contribution is -2.46. The largest absolute Gasteiger partial charge is 0.477 e. The quantitative estimate of drug-likeness (QED) is 0.341. The number of nitrogens with one attached hydrogen (secondary N) is 2. The van der Waals surface area contributed by atoms with Gasteiger partial charge in [-0.2, -0.15) is 15.1 Å². The number of fused-ring (bicyclic) bond motifs is 1. The zero-order chi connectivity index (χ0) is 25.1. The zero-order valence-electron chi connectivity index (χ0n) is 20.1. The number of aliphatic hydroxyl groups is 1. The van der Waals surface area contributed by atoms with Gasteiger partial charge in [-0.15, -0.1) is 0 Å². The molecule has 0 radical (unpaired) electrons. The second-order valence-corrected chi connectivity index (χ2v) is 9.57. The molecule has 0 saturated heterocycles. The smallest absolute Gasteiger partial charge is 0.245 e. The van der Waals surface area contributed by atoms with E-state index >= 15 is 0 Å². The highest BCUT2D eigenvalue weighted by Crippen LogP contribution is 2.35. The fourth-order valence-electron chi connectivity index (χ4n) is 4.15. The number of ether oxygens (including phenoxy) is 1. The number of hydrogen-bond donors (Lipinski definition) is 3. The third-order valence-electron chi connectivity index (χ3n) is 6.05. The summed E-state index contributed by atoms with van der Waals surface area (Å²) >= 11 is 6.35. The minimum Gasteiger partial charge on any atom is -0.477 e. The predicted molar refractivity (Wildman–Crippen MR) is 134 cm³/mol. The Kier molecular flexibility index (Phi) is 7.58. The topological polar surface area (TPSA) is 124 Å². The molecule has 1 aliphatic carbocycles. The van der Waals surface area contributed by atoms with Gasteiger partial charge in [0.05, 0.1) is 41.5 Å². The van der Waals surface area contributed by atoms with Crippen LogP contribution in [-0.2, 0) is 11.3 Å². The van der Waals surface area contributed by atoms with Crippen LogP contribution in [0.3, 0.4) is 0 Å². The van der Waals surface area contributed by atoms with Crippen LogP contribution in [0.1, 0.15) is 12.8 Å². The summed E-state index contributed by atoms with van der Waals surface area (Å²) in [7, 11) is 5.61. The van der Waals surface area contributed by atoms with Gasteiger partial charge in [-0.3, -0.25) is 9.48 Å². The molecule has 1 atom stereocenters. The van der Waals surface area contributed by atoms with Gasteiger partial charge in [0.2, 0.25) is 17.7 Å². The summed E-state index contributed by atoms with van der Waals surface area (Å²) in [6.45, 7) is 4.91. The molecular weight excluding hydrogens is 472 g/mol. The van der Waals surface area contributed by atoms with E-state index in [0.29, 0.717) is 59.2 Å². The van der Waals surface area contributed by atoms with Crippen molar-refractivity contribution in [2.45, 2.75) is 31.5 Å². The van der Waals surface area contributed by atoms with Crippen LogP contribution in [0.15, 0.2) is 31.2 Å². The molecule has 0 aromatic carbocycles. The van der Waals surface area contributed by atoms with Crippen molar-refractivity contribution in [3.63, 3.8) is 0 Å². The minimum atomic E-state index is -0.535. The van der Waals surface area contributed by atoms with Gasteiger partial charge in [-0.05, 0) is 38.9 Å². The van der Waals surface area contributed by atoms with E-state index in [-0.39, 0.29) is 11.9 Å². The SMILES string of the molecule is C=CC(=O)N(C)C1CC(COc2nc(Nc3cnn(CC(O)CN(C)C)c3)nc3[nH]cc(Cl)c23)C1. The van der Waals surface area contributed by atoms with Crippen molar-refractivity contribution in [3.05, 3.63) is 36.3 Å². The molecule has 0 bridgehead atoms. The Morgan fingerprint density at radius 2 is 2.20 bits per heavy atom. The van der Waals surface area contributed by atoms with Crippen LogP contribution < -0.4 is 10.1 Å². The minimum absolute atomic E-state index is 0.0720. The Morgan fingerprint density at radius 1 is 1.43 bits per heavy atom. The summed E-state index contributed by atoms with van der Waals surface area (Å²) in [4.78, 5) is 27.5. The van der Waals surface area contributed by atoms with E-state index in [2.05, 4.69) is 31.9 Å². The van der Waals surface area contributed by atoms with Crippen molar-refractivity contribution >= 4 is 40.2 Å². The van der Waals surface area contributed by atoms with Gasteiger partial charge >= 0.3 is 0 Å². The third-order valence-corrected chi connectivity index (χ3v) is 6.35. The van der Waals surface area contributed by atoms with E-state index in [0.717, 1.165) is 12.8 Å². The number of rotatable bonds is 11. The lowest BCUT2D eigenvalue weighted by atomic mass is 9.80. The number of carbonyl (C=O) groups excluding carboxylic acids is 1. The molecule has 1 amide bonds. The van der Waals surface area contributed by atoms with Crippen molar-refractivity contribution in [3.8, 4) is 5.88 Å². The van der Waals surface area contributed by atoms with Crippen molar-refractivity contribution in [2.24, 2.45) is 5.92 Å². The monoisotopic (exact) mass is 502 g/mol. The number of carbonyl (C=O) groups is 1. The number of hydrogen-bond acceptors (Lipinski definition) is 8. The average molecular weight is 503 g/mol. The molecule has 3 aromatic heterocycles. The normalized spacial score (nSPS) is 18.3.